The molecule has 0 atom stereocenters. The molecule has 66 valence electrons. The maximum absolute atomic E-state index is 10.7. The molecule has 4 heteroatoms. The summed E-state index contributed by atoms with van der Waals surface area (Å²) in [4.78, 5) is 14.7. The zero-order valence-electron chi connectivity index (χ0n) is 7.50. The van der Waals surface area contributed by atoms with Gasteiger partial charge >= 0.3 is 0 Å². The largest absolute Gasteiger partial charge is 0.339 e. The molecule has 0 unspecified atom stereocenters. The van der Waals surface area contributed by atoms with E-state index >= 15 is 0 Å². The Bertz CT molecular complexity index is 278. The molecule has 0 aliphatic rings. The predicted octanol–water partition coefficient (Wildman–Crippen LogP) is 1.32. The van der Waals surface area contributed by atoms with Crippen molar-refractivity contribution in [3.63, 3.8) is 0 Å². The summed E-state index contributed by atoms with van der Waals surface area (Å²) in [5.41, 5.74) is 0. The molecule has 0 N–H and O–H groups in total. The van der Waals surface area contributed by atoms with E-state index in [-0.39, 0.29) is 18.1 Å². The molecule has 0 aliphatic carbocycles. The van der Waals surface area contributed by atoms with Crippen molar-refractivity contribution in [2.75, 3.05) is 0 Å². The molecule has 1 aromatic rings. The van der Waals surface area contributed by atoms with Crippen LogP contribution in [-0.2, 0) is 11.2 Å². The molecule has 1 rings (SSSR count). The molecule has 0 saturated heterocycles. The second kappa shape index (κ2) is 3.47. The van der Waals surface area contributed by atoms with Gasteiger partial charge in [0.05, 0.1) is 6.42 Å². The number of hydrogen-bond acceptors (Lipinski definition) is 4. The molecule has 1 aromatic heterocycles. The average Bonchev–Trinajstić information content (AvgIpc) is 2.34. The van der Waals surface area contributed by atoms with Crippen LogP contribution in [0, 0.1) is 0 Å². The molecule has 0 radical (unpaired) electrons. The lowest BCUT2D eigenvalue weighted by atomic mass is 10.2. The molecule has 0 spiro atoms. The number of carbonyl (C=O) groups excluding carboxylic acids is 1. The maximum Gasteiger partial charge on any atom is 0.234 e. The van der Waals surface area contributed by atoms with E-state index in [0.29, 0.717) is 11.7 Å². The van der Waals surface area contributed by atoms with Crippen LogP contribution in [0.25, 0.3) is 0 Å². The molecule has 0 fully saturated rings. The summed E-state index contributed by atoms with van der Waals surface area (Å²) in [5.74, 6) is 1.35. The van der Waals surface area contributed by atoms with Gasteiger partial charge in [0.2, 0.25) is 5.89 Å². The van der Waals surface area contributed by atoms with Gasteiger partial charge in [0.25, 0.3) is 0 Å². The first-order valence-electron chi connectivity index (χ1n) is 3.91. The number of Topliss-reactive ketones (excluding diaryl/α,β-unsaturated/α-hetero) is 1. The molecule has 1 heterocycles. The van der Waals surface area contributed by atoms with E-state index in [4.69, 9.17) is 4.52 Å². The molecule has 0 saturated carbocycles. The van der Waals surface area contributed by atoms with Gasteiger partial charge in [-0.15, -0.1) is 0 Å². The Labute approximate surface area is 71.0 Å². The monoisotopic (exact) mass is 168 g/mol. The van der Waals surface area contributed by atoms with Gasteiger partial charge in [0, 0.05) is 5.92 Å². The van der Waals surface area contributed by atoms with Gasteiger partial charge in [-0.3, -0.25) is 4.79 Å². The van der Waals surface area contributed by atoms with Crippen LogP contribution >= 0.6 is 0 Å². The van der Waals surface area contributed by atoms with Crippen molar-refractivity contribution in [1.29, 1.82) is 0 Å². The fraction of sp³-hybridized carbons (Fsp3) is 0.625. The number of nitrogens with zero attached hydrogens (tertiary/aromatic N) is 2. The van der Waals surface area contributed by atoms with E-state index in [1.54, 1.807) is 0 Å². The van der Waals surface area contributed by atoms with Gasteiger partial charge in [-0.1, -0.05) is 19.0 Å². The van der Waals surface area contributed by atoms with Crippen LogP contribution in [0.1, 0.15) is 38.4 Å². The number of ketones is 1. The lowest BCUT2D eigenvalue weighted by Gasteiger charge is -1.91. The fourth-order valence-electron chi connectivity index (χ4n) is 0.787. The number of aromatic nitrogens is 2. The number of carbonyl (C=O) groups is 1. The minimum absolute atomic E-state index is 0.0361. The lowest BCUT2D eigenvalue weighted by molar-refractivity contribution is -0.116. The van der Waals surface area contributed by atoms with E-state index in [2.05, 4.69) is 10.1 Å². The van der Waals surface area contributed by atoms with Gasteiger partial charge in [-0.25, -0.2) is 0 Å². The first kappa shape index (κ1) is 8.90. The van der Waals surface area contributed by atoms with Crippen LogP contribution in [0.15, 0.2) is 4.52 Å². The van der Waals surface area contributed by atoms with Gasteiger partial charge in [-0.2, -0.15) is 4.98 Å². The van der Waals surface area contributed by atoms with Crippen molar-refractivity contribution in [3.05, 3.63) is 11.7 Å². The van der Waals surface area contributed by atoms with E-state index < -0.39 is 0 Å². The molecular weight excluding hydrogens is 156 g/mol. The average molecular weight is 168 g/mol. The molecular formula is C8H12N2O2. The van der Waals surface area contributed by atoms with E-state index in [1.807, 2.05) is 13.8 Å². The third-order valence-electron chi connectivity index (χ3n) is 1.40. The number of hydrogen-bond donors (Lipinski definition) is 0. The summed E-state index contributed by atoms with van der Waals surface area (Å²) in [5, 5.41) is 3.73. The first-order valence-corrected chi connectivity index (χ1v) is 3.91. The van der Waals surface area contributed by atoms with Crippen molar-refractivity contribution < 1.29 is 9.32 Å². The fourth-order valence-corrected chi connectivity index (χ4v) is 0.787. The van der Waals surface area contributed by atoms with Crippen LogP contribution in [0.5, 0.6) is 0 Å². The Morgan fingerprint density at radius 1 is 1.58 bits per heavy atom. The first-order chi connectivity index (χ1) is 5.59. The summed E-state index contributed by atoms with van der Waals surface area (Å²) in [6, 6.07) is 0. The van der Waals surface area contributed by atoms with Crippen LogP contribution in [0.3, 0.4) is 0 Å². The van der Waals surface area contributed by atoms with Crippen LogP contribution < -0.4 is 0 Å². The Kier molecular flexibility index (Phi) is 2.58. The topological polar surface area (TPSA) is 56.0 Å². The standard InChI is InChI=1S/C8H12N2O2/c1-5(2)8-9-7(12-10-8)4-6(3)11/h5H,4H2,1-3H3. The smallest absolute Gasteiger partial charge is 0.234 e. The Hall–Kier alpha value is -1.19. The third-order valence-corrected chi connectivity index (χ3v) is 1.40. The Morgan fingerprint density at radius 3 is 2.67 bits per heavy atom. The van der Waals surface area contributed by atoms with Crippen LogP contribution in [-0.4, -0.2) is 15.9 Å². The molecule has 0 aliphatic heterocycles. The summed E-state index contributed by atoms with van der Waals surface area (Å²) in [6.07, 6.45) is 0.236. The zero-order valence-corrected chi connectivity index (χ0v) is 7.50. The minimum Gasteiger partial charge on any atom is -0.339 e. The van der Waals surface area contributed by atoms with Crippen molar-refractivity contribution in [1.82, 2.24) is 10.1 Å². The maximum atomic E-state index is 10.7. The quantitative estimate of drug-likeness (QED) is 0.683. The highest BCUT2D eigenvalue weighted by Gasteiger charge is 2.10. The van der Waals surface area contributed by atoms with Crippen molar-refractivity contribution in [3.8, 4) is 0 Å². The highest BCUT2D eigenvalue weighted by atomic mass is 16.5. The molecule has 12 heavy (non-hydrogen) atoms. The normalized spacial score (nSPS) is 10.7. The number of rotatable bonds is 3. The van der Waals surface area contributed by atoms with Crippen molar-refractivity contribution in [2.24, 2.45) is 0 Å². The minimum atomic E-state index is 0.0361. The molecule has 0 bridgehead atoms. The van der Waals surface area contributed by atoms with Crippen molar-refractivity contribution in [2.45, 2.75) is 33.1 Å². The third kappa shape index (κ3) is 2.15. The predicted molar refractivity (Wildman–Crippen MR) is 42.8 cm³/mol. The molecule has 0 aromatic carbocycles. The van der Waals surface area contributed by atoms with Gasteiger partial charge in [0.1, 0.15) is 5.78 Å². The SMILES string of the molecule is CC(=O)Cc1nc(C(C)C)no1. The van der Waals surface area contributed by atoms with Crippen molar-refractivity contribution >= 4 is 5.78 Å². The highest BCUT2D eigenvalue weighted by molar-refractivity contribution is 5.77. The van der Waals surface area contributed by atoms with E-state index in [1.165, 1.54) is 6.92 Å². The zero-order chi connectivity index (χ0) is 9.14. The van der Waals surface area contributed by atoms with Gasteiger partial charge in [0.15, 0.2) is 5.82 Å². The van der Waals surface area contributed by atoms with Crippen LogP contribution in [0.4, 0.5) is 0 Å². The van der Waals surface area contributed by atoms with E-state index in [9.17, 15) is 4.79 Å². The summed E-state index contributed by atoms with van der Waals surface area (Å²) in [6.45, 7) is 5.45. The highest BCUT2D eigenvalue weighted by Crippen LogP contribution is 2.09. The summed E-state index contributed by atoms with van der Waals surface area (Å²) < 4.78 is 4.85. The molecule has 0 amide bonds. The van der Waals surface area contributed by atoms with E-state index in [0.717, 1.165) is 0 Å². The van der Waals surface area contributed by atoms with Crippen LogP contribution in [0.2, 0.25) is 0 Å². The second-order valence-corrected chi connectivity index (χ2v) is 3.08. The van der Waals surface area contributed by atoms with Gasteiger partial charge < -0.3 is 4.52 Å². The second-order valence-electron chi connectivity index (χ2n) is 3.08. The Balaban J connectivity index is 2.70. The van der Waals surface area contributed by atoms with Gasteiger partial charge in [-0.05, 0) is 6.92 Å². The Morgan fingerprint density at radius 2 is 2.25 bits per heavy atom. The molecule has 4 nitrogen and oxygen atoms in total. The summed E-state index contributed by atoms with van der Waals surface area (Å²) in [7, 11) is 0. The lowest BCUT2D eigenvalue weighted by Crippen LogP contribution is -1.97. The summed E-state index contributed by atoms with van der Waals surface area (Å²) >= 11 is 0.